The van der Waals surface area contributed by atoms with Crippen molar-refractivity contribution in [3.63, 3.8) is 0 Å². The normalized spacial score (nSPS) is 11.0. The Hall–Kier alpha value is 0.690. The summed E-state index contributed by atoms with van der Waals surface area (Å²) < 4.78 is 1.34. The minimum absolute atomic E-state index is 0.873. The van der Waals surface area contributed by atoms with E-state index in [1.165, 1.54) is 94.3 Å². The van der Waals surface area contributed by atoms with Crippen LogP contribution >= 0.6 is 22.6 Å². The van der Waals surface area contributed by atoms with Gasteiger partial charge in [0, 0.05) is 0 Å². The molecule has 2 N–H and O–H groups in total. The summed E-state index contributed by atoms with van der Waals surface area (Å²) in [5, 5.41) is 0. The Labute approximate surface area is 129 Å². The molecule has 0 heterocycles. The third kappa shape index (κ3) is 16.7. The Morgan fingerprint density at radius 3 is 1.00 bits per heavy atom. The molecular formula is C16H34IN. The molecule has 0 spiro atoms. The van der Waals surface area contributed by atoms with Gasteiger partial charge in [-0.3, -0.25) is 0 Å². The first-order valence-corrected chi connectivity index (χ1v) is 9.70. The first-order chi connectivity index (χ1) is 8.91. The van der Waals surface area contributed by atoms with E-state index in [1.54, 1.807) is 0 Å². The third-order valence-electron chi connectivity index (χ3n) is 3.59. The van der Waals surface area contributed by atoms with Gasteiger partial charge >= 0.3 is 0 Å². The van der Waals surface area contributed by atoms with Crippen molar-refractivity contribution in [3.05, 3.63) is 0 Å². The van der Waals surface area contributed by atoms with Crippen LogP contribution in [-0.2, 0) is 0 Å². The number of hydrogen-bond acceptors (Lipinski definition) is 1. The number of unbranched alkanes of at least 4 members (excludes halogenated alkanes) is 13. The van der Waals surface area contributed by atoms with Gasteiger partial charge in [-0.15, -0.1) is 0 Å². The van der Waals surface area contributed by atoms with Crippen molar-refractivity contribution in [3.8, 4) is 0 Å². The van der Waals surface area contributed by atoms with E-state index in [0.717, 1.165) is 6.54 Å². The van der Waals surface area contributed by atoms with Crippen molar-refractivity contribution in [2.24, 2.45) is 5.73 Å². The smallest absolute Gasteiger partial charge is 0.000473 e. The van der Waals surface area contributed by atoms with Crippen LogP contribution in [0, 0.1) is 0 Å². The van der Waals surface area contributed by atoms with E-state index < -0.39 is 0 Å². The van der Waals surface area contributed by atoms with Crippen LogP contribution in [0.5, 0.6) is 0 Å². The Morgan fingerprint density at radius 2 is 0.722 bits per heavy atom. The minimum atomic E-state index is 0.873. The average molecular weight is 367 g/mol. The largest absolute Gasteiger partial charge is 0.330 e. The van der Waals surface area contributed by atoms with E-state index in [9.17, 15) is 0 Å². The lowest BCUT2D eigenvalue weighted by atomic mass is 10.0. The molecule has 0 atom stereocenters. The fourth-order valence-corrected chi connectivity index (χ4v) is 2.90. The zero-order valence-corrected chi connectivity index (χ0v) is 14.4. The predicted molar refractivity (Wildman–Crippen MR) is 92.6 cm³/mol. The molecule has 110 valence electrons. The highest BCUT2D eigenvalue weighted by molar-refractivity contribution is 14.1. The quantitative estimate of drug-likeness (QED) is 0.220. The maximum Gasteiger partial charge on any atom is -0.000473 e. The first-order valence-electron chi connectivity index (χ1n) is 8.18. The zero-order valence-electron chi connectivity index (χ0n) is 12.3. The molecule has 1 nitrogen and oxygen atoms in total. The van der Waals surface area contributed by atoms with Crippen LogP contribution in [0.1, 0.15) is 89.9 Å². The molecule has 0 aromatic carbocycles. The predicted octanol–water partition coefficient (Wildman–Crippen LogP) is 5.84. The van der Waals surface area contributed by atoms with Crippen molar-refractivity contribution in [1.29, 1.82) is 0 Å². The molecule has 0 fully saturated rings. The second-order valence-electron chi connectivity index (χ2n) is 5.43. The summed E-state index contributed by atoms with van der Waals surface area (Å²) >= 11 is 2.48. The molecule has 0 saturated carbocycles. The Balaban J connectivity index is 2.86. The van der Waals surface area contributed by atoms with Gasteiger partial charge in [-0.05, 0) is 23.8 Å². The third-order valence-corrected chi connectivity index (χ3v) is 4.35. The highest BCUT2D eigenvalue weighted by Crippen LogP contribution is 2.13. The summed E-state index contributed by atoms with van der Waals surface area (Å²) in [4.78, 5) is 0. The fourth-order valence-electron chi connectivity index (χ4n) is 2.36. The van der Waals surface area contributed by atoms with Gasteiger partial charge in [-0.25, -0.2) is 0 Å². The summed E-state index contributed by atoms with van der Waals surface area (Å²) in [7, 11) is 0. The molecule has 0 aliphatic rings. The molecule has 0 amide bonds. The Morgan fingerprint density at radius 1 is 0.444 bits per heavy atom. The van der Waals surface area contributed by atoms with Gasteiger partial charge in [0.2, 0.25) is 0 Å². The molecule has 0 radical (unpaired) electrons. The van der Waals surface area contributed by atoms with Crippen LogP contribution in [0.4, 0.5) is 0 Å². The monoisotopic (exact) mass is 367 g/mol. The number of nitrogens with two attached hydrogens (primary N) is 1. The molecule has 0 unspecified atom stereocenters. The topological polar surface area (TPSA) is 26.0 Å². The summed E-state index contributed by atoms with van der Waals surface area (Å²) in [6.45, 7) is 0.873. The van der Waals surface area contributed by atoms with E-state index in [4.69, 9.17) is 5.73 Å². The molecule has 0 aliphatic heterocycles. The Kier molecular flexibility index (Phi) is 18.4. The van der Waals surface area contributed by atoms with Gasteiger partial charge in [-0.1, -0.05) is 99.6 Å². The maximum atomic E-state index is 5.48. The van der Waals surface area contributed by atoms with Gasteiger partial charge in [0.25, 0.3) is 0 Å². The van der Waals surface area contributed by atoms with E-state index in [0.29, 0.717) is 0 Å². The van der Waals surface area contributed by atoms with Gasteiger partial charge in [0.15, 0.2) is 0 Å². The van der Waals surface area contributed by atoms with Crippen LogP contribution < -0.4 is 5.73 Å². The van der Waals surface area contributed by atoms with Crippen molar-refractivity contribution >= 4 is 22.6 Å². The van der Waals surface area contributed by atoms with Crippen LogP contribution in [0.25, 0.3) is 0 Å². The first kappa shape index (κ1) is 18.7. The molecule has 0 bridgehead atoms. The van der Waals surface area contributed by atoms with Crippen LogP contribution in [0.15, 0.2) is 0 Å². The lowest BCUT2D eigenvalue weighted by Crippen LogP contribution is -1.97. The van der Waals surface area contributed by atoms with Crippen molar-refractivity contribution in [2.75, 3.05) is 11.0 Å². The molecule has 18 heavy (non-hydrogen) atoms. The second kappa shape index (κ2) is 17.7. The van der Waals surface area contributed by atoms with Gasteiger partial charge < -0.3 is 5.73 Å². The van der Waals surface area contributed by atoms with Crippen molar-refractivity contribution in [1.82, 2.24) is 0 Å². The van der Waals surface area contributed by atoms with Crippen LogP contribution in [0.3, 0.4) is 0 Å². The van der Waals surface area contributed by atoms with Crippen LogP contribution in [-0.4, -0.2) is 11.0 Å². The molecule has 0 rings (SSSR count). The average Bonchev–Trinajstić information content (AvgIpc) is 2.39. The van der Waals surface area contributed by atoms with Gasteiger partial charge in [0.1, 0.15) is 0 Å². The zero-order chi connectivity index (χ0) is 13.3. The SMILES string of the molecule is NCCCCCCCCCCCCCCCCI. The minimum Gasteiger partial charge on any atom is -0.330 e. The number of alkyl halides is 1. The summed E-state index contributed by atoms with van der Waals surface area (Å²) in [6, 6.07) is 0. The second-order valence-corrected chi connectivity index (χ2v) is 6.51. The van der Waals surface area contributed by atoms with Crippen LogP contribution in [0.2, 0.25) is 0 Å². The van der Waals surface area contributed by atoms with E-state index >= 15 is 0 Å². The fraction of sp³-hybridized carbons (Fsp3) is 1.00. The standard InChI is InChI=1S/C16H34IN/c17-15-13-11-9-7-5-3-1-2-4-6-8-10-12-14-16-18/h1-16,18H2. The van der Waals surface area contributed by atoms with E-state index in [1.807, 2.05) is 0 Å². The summed E-state index contributed by atoms with van der Waals surface area (Å²) in [6.07, 6.45) is 20.0. The molecule has 0 aromatic heterocycles. The maximum absolute atomic E-state index is 5.48. The molecule has 0 aliphatic carbocycles. The number of halogens is 1. The highest BCUT2D eigenvalue weighted by atomic mass is 127. The van der Waals surface area contributed by atoms with E-state index in [-0.39, 0.29) is 0 Å². The molecule has 0 aromatic rings. The van der Waals surface area contributed by atoms with Crippen molar-refractivity contribution in [2.45, 2.75) is 89.9 Å². The van der Waals surface area contributed by atoms with Crippen molar-refractivity contribution < 1.29 is 0 Å². The van der Waals surface area contributed by atoms with Gasteiger partial charge in [0.05, 0.1) is 0 Å². The lowest BCUT2D eigenvalue weighted by molar-refractivity contribution is 0.537. The molecule has 0 saturated heterocycles. The summed E-state index contributed by atoms with van der Waals surface area (Å²) in [5.41, 5.74) is 5.48. The Bertz CT molecular complexity index is 123. The van der Waals surface area contributed by atoms with Gasteiger partial charge in [-0.2, -0.15) is 0 Å². The lowest BCUT2D eigenvalue weighted by Gasteiger charge is -2.02. The highest BCUT2D eigenvalue weighted by Gasteiger charge is 1.93. The summed E-state index contributed by atoms with van der Waals surface area (Å²) in [5.74, 6) is 0. The molecule has 2 heteroatoms. The van der Waals surface area contributed by atoms with E-state index in [2.05, 4.69) is 22.6 Å². The molecular weight excluding hydrogens is 333 g/mol. The number of rotatable bonds is 15. The number of hydrogen-bond donors (Lipinski definition) is 1.